The van der Waals surface area contributed by atoms with Gasteiger partial charge in [-0.25, -0.2) is 4.79 Å². The van der Waals surface area contributed by atoms with Crippen molar-refractivity contribution in [3.63, 3.8) is 0 Å². The van der Waals surface area contributed by atoms with Gasteiger partial charge >= 0.3 is 12.2 Å². The topological polar surface area (TPSA) is 109 Å². The summed E-state index contributed by atoms with van der Waals surface area (Å²) in [5.74, 6) is 0.462. The van der Waals surface area contributed by atoms with Gasteiger partial charge < -0.3 is 19.9 Å². The van der Waals surface area contributed by atoms with Gasteiger partial charge in [-0.2, -0.15) is 13.2 Å². The molecule has 12 heteroatoms. The van der Waals surface area contributed by atoms with E-state index in [4.69, 9.17) is 4.74 Å². The summed E-state index contributed by atoms with van der Waals surface area (Å²) >= 11 is 0. The van der Waals surface area contributed by atoms with Gasteiger partial charge in [0, 0.05) is 37.3 Å². The monoisotopic (exact) mass is 524 g/mol. The summed E-state index contributed by atoms with van der Waals surface area (Å²) in [4.78, 5) is 28.5. The van der Waals surface area contributed by atoms with Crippen molar-refractivity contribution in [1.82, 2.24) is 20.3 Å². The Labute approximate surface area is 215 Å². The number of urea groups is 1. The molecule has 2 aromatic heterocycles. The minimum atomic E-state index is -4.58. The lowest BCUT2D eigenvalue weighted by Crippen LogP contribution is -2.34. The largest absolute Gasteiger partial charge is 0.457 e. The fourth-order valence-electron chi connectivity index (χ4n) is 3.52. The van der Waals surface area contributed by atoms with E-state index in [9.17, 15) is 22.8 Å². The number of amides is 3. The molecule has 2 aromatic carbocycles. The first-order valence-electron chi connectivity index (χ1n) is 11.3. The molecule has 38 heavy (non-hydrogen) atoms. The molecule has 0 atom stereocenters. The van der Waals surface area contributed by atoms with Crippen molar-refractivity contribution < 1.29 is 27.5 Å². The zero-order valence-electron chi connectivity index (χ0n) is 20.3. The fourth-order valence-corrected chi connectivity index (χ4v) is 3.52. The molecule has 0 spiro atoms. The van der Waals surface area contributed by atoms with E-state index in [2.05, 4.69) is 26.5 Å². The molecule has 0 saturated heterocycles. The fraction of sp³-hybridized carbons (Fsp3) is 0.115. The third-order valence-electron chi connectivity index (χ3n) is 5.47. The number of hydrazine groups is 1. The van der Waals surface area contributed by atoms with Crippen molar-refractivity contribution in [2.45, 2.75) is 13.1 Å². The van der Waals surface area contributed by atoms with E-state index < -0.39 is 17.8 Å². The number of carbonyl (C=O) groups excluding carboxylic acids is 2. The molecule has 4 aromatic rings. The molecule has 196 valence electrons. The second kappa shape index (κ2) is 10.9. The highest BCUT2D eigenvalue weighted by molar-refractivity contribution is 5.93. The van der Waals surface area contributed by atoms with Gasteiger partial charge in [0.05, 0.1) is 22.6 Å². The Morgan fingerprint density at radius 1 is 0.974 bits per heavy atom. The van der Waals surface area contributed by atoms with E-state index in [1.165, 1.54) is 25.4 Å². The van der Waals surface area contributed by atoms with Gasteiger partial charge in [0.25, 0.3) is 5.91 Å². The first-order chi connectivity index (χ1) is 18.2. The number of benzene rings is 2. The molecule has 0 aliphatic rings. The van der Waals surface area contributed by atoms with E-state index in [0.29, 0.717) is 28.4 Å². The van der Waals surface area contributed by atoms with Crippen LogP contribution in [-0.4, -0.2) is 28.5 Å². The number of alkyl halides is 3. The number of ether oxygens (including phenoxy) is 1. The van der Waals surface area contributed by atoms with Crippen molar-refractivity contribution in [1.29, 1.82) is 0 Å². The number of aromatic nitrogens is 2. The maximum atomic E-state index is 13.3. The third kappa shape index (κ3) is 6.03. The average molecular weight is 525 g/mol. The van der Waals surface area contributed by atoms with Gasteiger partial charge in [0.2, 0.25) is 0 Å². The Kier molecular flexibility index (Phi) is 7.51. The zero-order valence-corrected chi connectivity index (χ0v) is 20.3. The number of pyridine rings is 1. The molecule has 0 fully saturated rings. The predicted molar refractivity (Wildman–Crippen MR) is 135 cm³/mol. The number of carbonyl (C=O) groups is 2. The predicted octanol–water partition coefficient (Wildman–Crippen LogP) is 5.50. The normalized spacial score (nSPS) is 11.0. The minimum absolute atomic E-state index is 0.0336. The summed E-state index contributed by atoms with van der Waals surface area (Å²) in [6.07, 6.45) is 0.172. The third-order valence-corrected chi connectivity index (χ3v) is 5.47. The molecule has 0 radical (unpaired) electrons. The second-order valence-corrected chi connectivity index (χ2v) is 8.01. The molecule has 0 aliphatic carbocycles. The Bertz CT molecular complexity index is 1460. The SMILES string of the molecule is CNC(=O)c1cc(Oc2cccc(NNC(=O)Nc3cc(C(F)(F)F)ccc3-n3cccc3)c2C)ccn1. The summed E-state index contributed by atoms with van der Waals surface area (Å²) in [5.41, 5.74) is 5.90. The second-order valence-electron chi connectivity index (χ2n) is 8.01. The molecular weight excluding hydrogens is 501 g/mol. The number of halogens is 3. The molecule has 3 amide bonds. The lowest BCUT2D eigenvalue weighted by atomic mass is 10.1. The Hall–Kier alpha value is -5.00. The molecule has 2 heterocycles. The molecule has 0 aliphatic heterocycles. The maximum Gasteiger partial charge on any atom is 0.416 e. The van der Waals surface area contributed by atoms with E-state index in [-0.39, 0.29) is 17.3 Å². The number of nitrogens with zero attached hydrogens (tertiary/aromatic N) is 2. The molecule has 4 N–H and O–H groups in total. The van der Waals surface area contributed by atoms with Crippen LogP contribution >= 0.6 is 0 Å². The van der Waals surface area contributed by atoms with E-state index in [1.54, 1.807) is 60.3 Å². The number of hydrogen-bond donors (Lipinski definition) is 4. The van der Waals surface area contributed by atoms with E-state index in [1.807, 2.05) is 0 Å². The van der Waals surface area contributed by atoms with Crippen LogP contribution in [0, 0.1) is 6.92 Å². The standard InChI is InChI=1S/C26H23F3N6O3/c1-16-19(6-5-7-23(16)38-18-10-11-31-21(15-18)24(36)30-2)33-34-25(37)32-20-14-17(26(27,28)29)8-9-22(20)35-12-3-4-13-35/h3-15,33H,1-2H3,(H,30,36)(H2,32,34,37). The molecule has 0 bridgehead atoms. The van der Waals surface area contributed by atoms with E-state index in [0.717, 1.165) is 12.1 Å². The van der Waals surface area contributed by atoms with Crippen LogP contribution in [0.3, 0.4) is 0 Å². The van der Waals surface area contributed by atoms with Gasteiger partial charge in [-0.3, -0.25) is 20.6 Å². The Morgan fingerprint density at radius 2 is 1.74 bits per heavy atom. The first-order valence-corrected chi connectivity index (χ1v) is 11.3. The average Bonchev–Trinajstić information content (AvgIpc) is 3.43. The lowest BCUT2D eigenvalue weighted by Gasteiger charge is -2.17. The van der Waals surface area contributed by atoms with Gasteiger partial charge in [-0.05, 0) is 55.5 Å². The molecule has 4 rings (SSSR count). The highest BCUT2D eigenvalue weighted by Gasteiger charge is 2.31. The summed E-state index contributed by atoms with van der Waals surface area (Å²) in [7, 11) is 1.49. The Morgan fingerprint density at radius 3 is 2.45 bits per heavy atom. The van der Waals surface area contributed by atoms with Crippen LogP contribution in [0.15, 0.2) is 79.3 Å². The van der Waals surface area contributed by atoms with Gasteiger partial charge in [0.1, 0.15) is 17.2 Å². The highest BCUT2D eigenvalue weighted by atomic mass is 19.4. The van der Waals surface area contributed by atoms with Crippen LogP contribution in [0.25, 0.3) is 5.69 Å². The van der Waals surface area contributed by atoms with Crippen molar-refractivity contribution in [3.8, 4) is 17.2 Å². The summed E-state index contributed by atoms with van der Waals surface area (Å²) in [6.45, 7) is 1.75. The smallest absolute Gasteiger partial charge is 0.416 e. The van der Waals surface area contributed by atoms with Crippen molar-refractivity contribution in [2.24, 2.45) is 0 Å². The molecule has 0 saturated carbocycles. The van der Waals surface area contributed by atoms with Gasteiger partial charge in [0.15, 0.2) is 0 Å². The highest BCUT2D eigenvalue weighted by Crippen LogP contribution is 2.34. The van der Waals surface area contributed by atoms with Crippen molar-refractivity contribution in [2.75, 3.05) is 17.8 Å². The van der Waals surface area contributed by atoms with Crippen LogP contribution in [0.1, 0.15) is 21.6 Å². The zero-order chi connectivity index (χ0) is 27.3. The summed E-state index contributed by atoms with van der Waals surface area (Å²) in [5, 5.41) is 4.96. The Balaban J connectivity index is 1.48. The van der Waals surface area contributed by atoms with Crippen LogP contribution in [0.2, 0.25) is 0 Å². The minimum Gasteiger partial charge on any atom is -0.457 e. The van der Waals surface area contributed by atoms with E-state index >= 15 is 0 Å². The van der Waals surface area contributed by atoms with Crippen LogP contribution in [0.4, 0.5) is 29.3 Å². The summed E-state index contributed by atoms with van der Waals surface area (Å²) in [6, 6.07) is 13.9. The van der Waals surface area contributed by atoms with Crippen LogP contribution < -0.4 is 26.2 Å². The molecule has 9 nitrogen and oxygen atoms in total. The van der Waals surface area contributed by atoms with Crippen molar-refractivity contribution in [3.05, 3.63) is 96.1 Å². The van der Waals surface area contributed by atoms with Crippen molar-refractivity contribution >= 4 is 23.3 Å². The molecule has 0 unspecified atom stereocenters. The van der Waals surface area contributed by atoms with Gasteiger partial charge in [-0.1, -0.05) is 6.07 Å². The van der Waals surface area contributed by atoms with Crippen LogP contribution in [0.5, 0.6) is 11.5 Å². The molecular formula is C26H23F3N6O3. The van der Waals surface area contributed by atoms with Gasteiger partial charge in [-0.15, -0.1) is 0 Å². The number of hydrogen-bond acceptors (Lipinski definition) is 5. The first kappa shape index (κ1) is 26.1. The number of anilines is 2. The number of nitrogens with one attached hydrogen (secondary N) is 4. The van der Waals surface area contributed by atoms with Crippen LogP contribution in [-0.2, 0) is 6.18 Å². The lowest BCUT2D eigenvalue weighted by molar-refractivity contribution is -0.137. The maximum absolute atomic E-state index is 13.3. The summed E-state index contributed by atoms with van der Waals surface area (Å²) < 4.78 is 47.3. The quantitative estimate of drug-likeness (QED) is 0.239. The number of rotatable bonds is 7.